The second-order valence-corrected chi connectivity index (χ2v) is 7.88. The maximum absolute atomic E-state index is 13.5. The van der Waals surface area contributed by atoms with Crippen LogP contribution in [0.1, 0.15) is 30.5 Å². The molecule has 1 aromatic carbocycles. The van der Waals surface area contributed by atoms with Crippen molar-refractivity contribution < 1.29 is 32.5 Å². The van der Waals surface area contributed by atoms with Crippen LogP contribution in [0.25, 0.3) is 11.1 Å². The summed E-state index contributed by atoms with van der Waals surface area (Å²) in [4.78, 5) is 24.6. The zero-order valence-corrected chi connectivity index (χ0v) is 17.5. The minimum atomic E-state index is -4.60. The molecule has 0 saturated carbocycles. The van der Waals surface area contributed by atoms with Crippen molar-refractivity contribution in [3.63, 3.8) is 0 Å². The van der Waals surface area contributed by atoms with Crippen molar-refractivity contribution >= 4 is 17.6 Å². The summed E-state index contributed by atoms with van der Waals surface area (Å²) in [6.45, 7) is 1.21. The van der Waals surface area contributed by atoms with Gasteiger partial charge in [-0.3, -0.25) is 4.79 Å². The predicted molar refractivity (Wildman–Crippen MR) is 107 cm³/mol. The highest BCUT2D eigenvalue weighted by Crippen LogP contribution is 2.36. The number of carboxylic acid groups (broad SMARTS) is 1. The Labute approximate surface area is 181 Å². The average Bonchev–Trinajstić information content (AvgIpc) is 2.68. The third kappa shape index (κ3) is 5.11. The van der Waals surface area contributed by atoms with Crippen LogP contribution in [0.5, 0.6) is 0 Å². The number of methoxy groups -OCH3 is 1. The first-order valence-corrected chi connectivity index (χ1v) is 9.86. The highest BCUT2D eigenvalue weighted by molar-refractivity contribution is 6.30. The number of aromatic nitrogens is 1. The maximum atomic E-state index is 13.5. The van der Waals surface area contributed by atoms with E-state index in [1.807, 2.05) is 0 Å². The summed E-state index contributed by atoms with van der Waals surface area (Å²) >= 11 is 6.07. The predicted octanol–water partition coefficient (Wildman–Crippen LogP) is 4.22. The van der Waals surface area contributed by atoms with Gasteiger partial charge in [0.25, 0.3) is 5.56 Å². The number of fused-ring (bicyclic) bond motifs is 3. The topological polar surface area (TPSA) is 77.8 Å². The first-order valence-electron chi connectivity index (χ1n) is 9.49. The van der Waals surface area contributed by atoms with Gasteiger partial charge in [0.1, 0.15) is 6.04 Å². The molecule has 0 radical (unpaired) electrons. The van der Waals surface area contributed by atoms with Crippen LogP contribution in [0.15, 0.2) is 35.3 Å². The summed E-state index contributed by atoms with van der Waals surface area (Å²) in [5.41, 5.74) is 0.735. The third-order valence-corrected chi connectivity index (χ3v) is 5.55. The number of hydrogen-bond donors (Lipinski definition) is 1. The number of aliphatic carboxylic acids is 1. The van der Waals surface area contributed by atoms with Crippen molar-refractivity contribution in [3.8, 4) is 11.1 Å². The lowest BCUT2D eigenvalue weighted by Crippen LogP contribution is -2.36. The number of carbonyl (C=O) groups is 1. The molecule has 1 aliphatic rings. The van der Waals surface area contributed by atoms with E-state index in [4.69, 9.17) is 21.1 Å². The van der Waals surface area contributed by atoms with Gasteiger partial charge in [-0.2, -0.15) is 13.2 Å². The Morgan fingerprint density at radius 3 is 2.61 bits per heavy atom. The van der Waals surface area contributed by atoms with Gasteiger partial charge in [0.05, 0.1) is 12.7 Å². The molecule has 2 heterocycles. The molecule has 0 aliphatic carbocycles. The minimum Gasteiger partial charge on any atom is -0.480 e. The molecule has 10 heteroatoms. The number of hydrogen-bond acceptors (Lipinski definition) is 4. The molecule has 1 N–H and O–H groups in total. The molecule has 0 spiro atoms. The van der Waals surface area contributed by atoms with Gasteiger partial charge in [0, 0.05) is 42.8 Å². The van der Waals surface area contributed by atoms with Crippen LogP contribution in [0.4, 0.5) is 13.2 Å². The number of halogens is 4. The zero-order valence-electron chi connectivity index (χ0n) is 16.8. The van der Waals surface area contributed by atoms with E-state index in [2.05, 4.69) is 0 Å². The molecule has 1 aromatic heterocycles. The van der Waals surface area contributed by atoms with Crippen molar-refractivity contribution in [2.45, 2.75) is 50.8 Å². The second-order valence-electron chi connectivity index (χ2n) is 7.44. The molecular weight excluding hydrogens is 439 g/mol. The molecule has 2 aromatic rings. The van der Waals surface area contributed by atoms with Crippen molar-refractivity contribution in [2.24, 2.45) is 0 Å². The van der Waals surface area contributed by atoms with E-state index in [1.54, 1.807) is 6.92 Å². The molecule has 6 nitrogen and oxygen atoms in total. The molecule has 0 amide bonds. The van der Waals surface area contributed by atoms with E-state index in [0.29, 0.717) is 21.7 Å². The van der Waals surface area contributed by atoms with Crippen LogP contribution < -0.4 is 5.56 Å². The Morgan fingerprint density at radius 1 is 1.32 bits per heavy atom. The lowest BCUT2D eigenvalue weighted by atomic mass is 9.92. The first kappa shape index (κ1) is 23.3. The van der Waals surface area contributed by atoms with Crippen molar-refractivity contribution in [1.82, 2.24) is 4.57 Å². The number of rotatable bonds is 5. The van der Waals surface area contributed by atoms with Gasteiger partial charge in [0.15, 0.2) is 6.10 Å². The molecule has 31 heavy (non-hydrogen) atoms. The SMILES string of the molecule is CO[C@@H](C)CC(C(=O)O)n1cc2c(cc1=O)-c1cc(Cl)ccc1C[C@@H](C(F)(F)F)OC2. The van der Waals surface area contributed by atoms with Crippen molar-refractivity contribution in [2.75, 3.05) is 7.11 Å². The van der Waals surface area contributed by atoms with Gasteiger partial charge in [-0.15, -0.1) is 0 Å². The number of ether oxygens (including phenoxy) is 2. The molecule has 3 atom stereocenters. The summed E-state index contributed by atoms with van der Waals surface area (Å²) in [5.74, 6) is -1.26. The zero-order chi connectivity index (χ0) is 22.9. The van der Waals surface area contributed by atoms with Gasteiger partial charge < -0.3 is 19.1 Å². The Balaban J connectivity index is 2.17. The van der Waals surface area contributed by atoms with Gasteiger partial charge in [-0.25, -0.2) is 4.79 Å². The molecule has 0 bridgehead atoms. The Hall–Kier alpha value is -2.36. The fraction of sp³-hybridized carbons (Fsp3) is 0.429. The number of nitrogens with zero attached hydrogens (tertiary/aromatic N) is 1. The molecule has 1 aliphatic heterocycles. The van der Waals surface area contributed by atoms with Gasteiger partial charge in [-0.1, -0.05) is 17.7 Å². The maximum Gasteiger partial charge on any atom is 0.414 e. The van der Waals surface area contributed by atoms with Crippen LogP contribution in [-0.4, -0.2) is 41.1 Å². The molecule has 3 rings (SSSR count). The summed E-state index contributed by atoms with van der Waals surface area (Å²) in [5, 5.41) is 9.93. The van der Waals surface area contributed by atoms with Gasteiger partial charge in [0.2, 0.25) is 0 Å². The summed E-state index contributed by atoms with van der Waals surface area (Å²) in [7, 11) is 1.42. The number of alkyl halides is 3. The summed E-state index contributed by atoms with van der Waals surface area (Å²) < 4.78 is 51.7. The lowest BCUT2D eigenvalue weighted by molar-refractivity contribution is -0.223. The van der Waals surface area contributed by atoms with Crippen LogP contribution in [0, 0.1) is 0 Å². The normalized spacial score (nSPS) is 18.3. The van der Waals surface area contributed by atoms with E-state index in [-0.39, 0.29) is 12.0 Å². The fourth-order valence-corrected chi connectivity index (χ4v) is 3.75. The molecule has 1 unspecified atom stereocenters. The van der Waals surface area contributed by atoms with Gasteiger partial charge in [-0.05, 0) is 35.7 Å². The minimum absolute atomic E-state index is 0.00102. The number of pyridine rings is 1. The third-order valence-electron chi connectivity index (χ3n) is 5.31. The first-order chi connectivity index (χ1) is 14.5. The van der Waals surface area contributed by atoms with Crippen molar-refractivity contribution in [1.29, 1.82) is 0 Å². The average molecular weight is 460 g/mol. The van der Waals surface area contributed by atoms with E-state index in [9.17, 15) is 27.9 Å². The van der Waals surface area contributed by atoms with E-state index in [0.717, 1.165) is 4.57 Å². The van der Waals surface area contributed by atoms with Gasteiger partial charge >= 0.3 is 12.1 Å². The van der Waals surface area contributed by atoms with Crippen LogP contribution in [-0.2, 0) is 27.3 Å². The van der Waals surface area contributed by atoms with Crippen LogP contribution in [0.2, 0.25) is 5.02 Å². The van der Waals surface area contributed by atoms with Crippen molar-refractivity contribution in [3.05, 3.63) is 57.0 Å². The van der Waals surface area contributed by atoms with E-state index < -0.39 is 49.0 Å². The Kier molecular flexibility index (Phi) is 6.78. The smallest absolute Gasteiger partial charge is 0.414 e. The lowest BCUT2D eigenvalue weighted by Gasteiger charge is -2.27. The fourth-order valence-electron chi connectivity index (χ4n) is 3.58. The van der Waals surface area contributed by atoms with Crippen LogP contribution >= 0.6 is 11.6 Å². The monoisotopic (exact) mass is 459 g/mol. The summed E-state index contributed by atoms with van der Waals surface area (Å²) in [6, 6.07) is 4.41. The molecule has 0 fully saturated rings. The Morgan fingerprint density at radius 2 is 2.00 bits per heavy atom. The largest absolute Gasteiger partial charge is 0.480 e. The molecule has 0 saturated heterocycles. The Bertz CT molecular complexity index is 1040. The molecular formula is C21H21ClF3NO5. The van der Waals surface area contributed by atoms with Crippen LogP contribution in [0.3, 0.4) is 0 Å². The van der Waals surface area contributed by atoms with E-state index in [1.165, 1.54) is 37.6 Å². The number of benzene rings is 1. The quantitative estimate of drug-likeness (QED) is 0.724. The number of carboxylic acids is 1. The molecule has 168 valence electrons. The van der Waals surface area contributed by atoms with E-state index >= 15 is 0 Å². The second kappa shape index (κ2) is 9.02. The highest BCUT2D eigenvalue weighted by Gasteiger charge is 2.42. The standard InChI is InChI=1S/C21H21ClF3NO5/c1-11(30-2)5-17(20(28)29)26-9-13-10-31-18(21(23,24)25)6-12-3-4-14(22)7-15(12)16(13)8-19(26)27/h3-4,7-9,11,17-18H,5-6,10H2,1-2H3,(H,28,29)/t11-,17?,18-/m0/s1. The summed E-state index contributed by atoms with van der Waals surface area (Å²) in [6.07, 6.45) is -6.28. The highest BCUT2D eigenvalue weighted by atomic mass is 35.5.